The monoisotopic (exact) mass is 187 g/mol. The number of amides is 1. The Morgan fingerprint density at radius 3 is 3.08 bits per heavy atom. The van der Waals surface area contributed by atoms with Crippen molar-refractivity contribution in [2.24, 2.45) is 0 Å². The van der Waals surface area contributed by atoms with E-state index in [1.165, 1.54) is 6.92 Å². The third-order valence-corrected chi connectivity index (χ3v) is 1.70. The standard InChI is InChI=1S/C7H8ClN2O2/c1-5(11)9-6-3-2-4-10(12)7(6)8/h2-3H,4H2,1H3,(H,9,11)/q-1. The highest BCUT2D eigenvalue weighted by molar-refractivity contribution is 6.29. The molecule has 0 bridgehead atoms. The minimum absolute atomic E-state index is 0.0210. The quantitative estimate of drug-likeness (QED) is 0.621. The zero-order valence-corrected chi connectivity index (χ0v) is 7.26. The highest BCUT2D eigenvalue weighted by atomic mass is 35.5. The van der Waals surface area contributed by atoms with Gasteiger partial charge in [-0.1, -0.05) is 17.7 Å². The maximum Gasteiger partial charge on any atom is 0.221 e. The van der Waals surface area contributed by atoms with E-state index in [0.29, 0.717) is 10.8 Å². The van der Waals surface area contributed by atoms with E-state index in [0.717, 1.165) is 0 Å². The second kappa shape index (κ2) is 3.60. The molecule has 1 heterocycles. The molecule has 0 saturated heterocycles. The Morgan fingerprint density at radius 2 is 2.50 bits per heavy atom. The van der Waals surface area contributed by atoms with Crippen molar-refractivity contribution < 1.29 is 4.79 Å². The lowest BCUT2D eigenvalue weighted by molar-refractivity contribution is -0.118. The summed E-state index contributed by atoms with van der Waals surface area (Å²) < 4.78 is 0. The Hall–Kier alpha value is -1.00. The van der Waals surface area contributed by atoms with Gasteiger partial charge < -0.3 is 15.6 Å². The van der Waals surface area contributed by atoms with Crippen LogP contribution in [0.1, 0.15) is 6.92 Å². The van der Waals surface area contributed by atoms with Crippen molar-refractivity contribution in [2.75, 3.05) is 6.54 Å². The predicted molar refractivity (Wildman–Crippen MR) is 45.9 cm³/mol. The van der Waals surface area contributed by atoms with Crippen LogP contribution in [0.5, 0.6) is 0 Å². The first-order chi connectivity index (χ1) is 5.61. The van der Waals surface area contributed by atoms with Gasteiger partial charge in [0.25, 0.3) is 0 Å². The van der Waals surface area contributed by atoms with Crippen LogP contribution in [-0.2, 0) is 4.79 Å². The molecule has 0 saturated carbocycles. The average Bonchev–Trinajstić information content (AvgIpc) is 1.98. The summed E-state index contributed by atoms with van der Waals surface area (Å²) in [5.74, 6) is -0.247. The molecule has 0 aromatic rings. The molecule has 0 aromatic heterocycles. The van der Waals surface area contributed by atoms with Crippen LogP contribution in [-0.4, -0.2) is 17.5 Å². The van der Waals surface area contributed by atoms with E-state index in [1.54, 1.807) is 12.2 Å². The topological polar surface area (TPSA) is 55.4 Å². The van der Waals surface area contributed by atoms with Gasteiger partial charge in [0.15, 0.2) is 0 Å². The molecule has 5 heteroatoms. The fourth-order valence-electron chi connectivity index (χ4n) is 0.832. The minimum atomic E-state index is -0.247. The summed E-state index contributed by atoms with van der Waals surface area (Å²) in [6.45, 7) is 1.58. The van der Waals surface area contributed by atoms with E-state index in [2.05, 4.69) is 5.32 Å². The smallest absolute Gasteiger partial charge is 0.221 e. The molecule has 4 nitrogen and oxygen atoms in total. The van der Waals surface area contributed by atoms with E-state index in [-0.39, 0.29) is 17.6 Å². The molecule has 12 heavy (non-hydrogen) atoms. The average molecular weight is 188 g/mol. The number of hydrogen-bond donors (Lipinski definition) is 1. The number of nitrogens with zero attached hydrogens (tertiary/aromatic N) is 1. The first-order valence-corrected chi connectivity index (χ1v) is 3.77. The van der Waals surface area contributed by atoms with Gasteiger partial charge in [-0.2, -0.15) is 0 Å². The van der Waals surface area contributed by atoms with Gasteiger partial charge in [-0.15, -0.1) is 0 Å². The molecule has 1 amide bonds. The van der Waals surface area contributed by atoms with Crippen LogP contribution in [0.2, 0.25) is 0 Å². The molecule has 0 radical (unpaired) electrons. The predicted octanol–water partition coefficient (Wildman–Crippen LogP) is 0.900. The zero-order chi connectivity index (χ0) is 9.14. The van der Waals surface area contributed by atoms with Crippen LogP contribution < -0.4 is 5.32 Å². The van der Waals surface area contributed by atoms with Crippen LogP contribution >= 0.6 is 11.6 Å². The van der Waals surface area contributed by atoms with Crippen molar-refractivity contribution in [1.82, 2.24) is 10.4 Å². The minimum Gasteiger partial charge on any atom is -0.757 e. The molecule has 0 atom stereocenters. The molecule has 1 rings (SSSR count). The summed E-state index contributed by atoms with van der Waals surface area (Å²) in [5, 5.41) is 14.0. The van der Waals surface area contributed by atoms with E-state index < -0.39 is 0 Å². The van der Waals surface area contributed by atoms with E-state index in [9.17, 15) is 10.0 Å². The summed E-state index contributed by atoms with van der Waals surface area (Å²) in [6.07, 6.45) is 3.24. The molecule has 1 aliphatic heterocycles. The van der Waals surface area contributed by atoms with Crippen LogP contribution in [0, 0.1) is 5.21 Å². The van der Waals surface area contributed by atoms with Crippen molar-refractivity contribution in [3.63, 3.8) is 0 Å². The number of halogens is 1. The Bertz CT molecular complexity index is 260. The Morgan fingerprint density at radius 1 is 1.83 bits per heavy atom. The summed E-state index contributed by atoms with van der Waals surface area (Å²) in [7, 11) is 0. The van der Waals surface area contributed by atoms with Gasteiger partial charge in [0.1, 0.15) is 5.16 Å². The van der Waals surface area contributed by atoms with Gasteiger partial charge in [-0.25, -0.2) is 0 Å². The molecule has 0 aromatic carbocycles. The molecular formula is C7H8ClN2O2-. The highest BCUT2D eigenvalue weighted by Crippen LogP contribution is 2.17. The second-order valence-electron chi connectivity index (χ2n) is 2.35. The SMILES string of the molecule is CC(=O)NC1=C(Cl)N([O-])CC=C1. The third-order valence-electron chi connectivity index (χ3n) is 1.31. The van der Waals surface area contributed by atoms with Crippen LogP contribution in [0.4, 0.5) is 0 Å². The van der Waals surface area contributed by atoms with Gasteiger partial charge in [0.2, 0.25) is 5.91 Å². The summed E-state index contributed by atoms with van der Waals surface area (Å²) in [6, 6.07) is 0. The van der Waals surface area contributed by atoms with E-state index >= 15 is 0 Å². The lowest BCUT2D eigenvalue weighted by Crippen LogP contribution is -2.26. The number of carbonyl (C=O) groups is 1. The molecular weight excluding hydrogens is 180 g/mol. The van der Waals surface area contributed by atoms with Gasteiger partial charge in [-0.05, 0) is 6.08 Å². The van der Waals surface area contributed by atoms with Crippen molar-refractivity contribution in [3.05, 3.63) is 28.2 Å². The molecule has 0 fully saturated rings. The first-order valence-electron chi connectivity index (χ1n) is 3.40. The van der Waals surface area contributed by atoms with E-state index in [1.807, 2.05) is 0 Å². The van der Waals surface area contributed by atoms with Crippen molar-refractivity contribution >= 4 is 17.5 Å². The van der Waals surface area contributed by atoms with Crippen molar-refractivity contribution in [1.29, 1.82) is 0 Å². The Balaban J connectivity index is 2.79. The van der Waals surface area contributed by atoms with Gasteiger partial charge in [0.05, 0.1) is 5.70 Å². The molecule has 1 N–H and O–H groups in total. The van der Waals surface area contributed by atoms with Gasteiger partial charge in [-0.3, -0.25) is 4.79 Å². The Kier molecular flexibility index (Phi) is 2.73. The zero-order valence-electron chi connectivity index (χ0n) is 6.50. The van der Waals surface area contributed by atoms with Crippen molar-refractivity contribution in [2.45, 2.75) is 6.92 Å². The number of hydroxylamine groups is 2. The lowest BCUT2D eigenvalue weighted by atomic mass is 10.3. The van der Waals surface area contributed by atoms with Crippen LogP contribution in [0.3, 0.4) is 0 Å². The van der Waals surface area contributed by atoms with Gasteiger partial charge in [0, 0.05) is 13.5 Å². The molecule has 1 aliphatic rings. The summed E-state index contributed by atoms with van der Waals surface area (Å²) in [5.41, 5.74) is 0.352. The van der Waals surface area contributed by atoms with Crippen LogP contribution in [0.15, 0.2) is 23.0 Å². The van der Waals surface area contributed by atoms with E-state index in [4.69, 9.17) is 11.6 Å². The second-order valence-corrected chi connectivity index (χ2v) is 2.71. The van der Waals surface area contributed by atoms with Crippen LogP contribution in [0.25, 0.3) is 0 Å². The molecule has 0 unspecified atom stereocenters. The van der Waals surface area contributed by atoms with Gasteiger partial charge >= 0.3 is 0 Å². The normalized spacial score (nSPS) is 16.8. The fourth-order valence-corrected chi connectivity index (χ4v) is 1.01. The molecule has 0 spiro atoms. The number of allylic oxidation sites excluding steroid dienone is 1. The maximum atomic E-state index is 10.9. The fraction of sp³-hybridized carbons (Fsp3) is 0.286. The third kappa shape index (κ3) is 1.99. The summed E-state index contributed by atoms with van der Waals surface area (Å²) >= 11 is 5.60. The number of hydrogen-bond acceptors (Lipinski definition) is 3. The number of rotatable bonds is 1. The number of nitrogens with one attached hydrogen (secondary N) is 1. The Labute approximate surface area is 75.1 Å². The summed E-state index contributed by atoms with van der Waals surface area (Å²) in [4.78, 5) is 10.6. The first kappa shape index (κ1) is 9.09. The van der Waals surface area contributed by atoms with Crippen molar-refractivity contribution in [3.8, 4) is 0 Å². The highest BCUT2D eigenvalue weighted by Gasteiger charge is 2.07. The molecule has 0 aliphatic carbocycles. The largest absolute Gasteiger partial charge is 0.757 e. The lowest BCUT2D eigenvalue weighted by Gasteiger charge is -2.32. The number of carbonyl (C=O) groups excluding carboxylic acids is 1. The maximum absolute atomic E-state index is 10.9. The molecule has 66 valence electrons.